The monoisotopic (exact) mass is 297 g/mol. The van der Waals surface area contributed by atoms with Gasteiger partial charge >= 0.3 is 0 Å². The van der Waals surface area contributed by atoms with Gasteiger partial charge in [0.05, 0.1) is 24.8 Å². The molecule has 3 aromatic rings. The van der Waals surface area contributed by atoms with Crippen LogP contribution >= 0.6 is 0 Å². The number of nitrogens with one attached hydrogen (secondary N) is 1. The van der Waals surface area contributed by atoms with Crippen LogP contribution in [0.25, 0.3) is 10.9 Å². The van der Waals surface area contributed by atoms with E-state index in [9.17, 15) is 4.79 Å². The van der Waals surface area contributed by atoms with Crippen LogP contribution in [0.2, 0.25) is 0 Å². The minimum Gasteiger partial charge on any atom is -0.354 e. The molecule has 3 rings (SSSR count). The van der Waals surface area contributed by atoms with Crippen molar-refractivity contribution in [1.82, 2.24) is 24.9 Å². The fourth-order valence-corrected chi connectivity index (χ4v) is 2.46. The summed E-state index contributed by atoms with van der Waals surface area (Å²) in [5.41, 5.74) is 2.27. The molecule has 6 nitrogen and oxygen atoms in total. The minimum atomic E-state index is 0.0310. The highest BCUT2D eigenvalue weighted by Crippen LogP contribution is 2.17. The average molecular weight is 297 g/mol. The van der Waals surface area contributed by atoms with Crippen LogP contribution in [0.5, 0.6) is 0 Å². The van der Waals surface area contributed by atoms with Gasteiger partial charge in [-0.3, -0.25) is 14.2 Å². The summed E-state index contributed by atoms with van der Waals surface area (Å²) < 4.78 is 3.68. The summed E-state index contributed by atoms with van der Waals surface area (Å²) >= 11 is 0. The standard InChI is InChI=1S/C16H19N5O/c1-13-4-2-5-15-14(13)12-19-21(15)10-6-16(22)17-8-11-20-9-3-7-18-20/h2-5,7,9,12H,6,8,10-11H2,1H3,(H,17,22). The molecule has 0 saturated carbocycles. The van der Waals surface area contributed by atoms with Crippen LogP contribution < -0.4 is 5.32 Å². The van der Waals surface area contributed by atoms with Gasteiger partial charge in [-0.25, -0.2) is 0 Å². The van der Waals surface area contributed by atoms with Gasteiger partial charge in [-0.15, -0.1) is 0 Å². The maximum atomic E-state index is 11.9. The van der Waals surface area contributed by atoms with Crippen molar-refractivity contribution in [3.8, 4) is 0 Å². The zero-order chi connectivity index (χ0) is 15.4. The zero-order valence-corrected chi connectivity index (χ0v) is 12.6. The van der Waals surface area contributed by atoms with Crippen LogP contribution in [0.15, 0.2) is 42.9 Å². The van der Waals surface area contributed by atoms with Crippen molar-refractivity contribution in [1.29, 1.82) is 0 Å². The van der Waals surface area contributed by atoms with Crippen molar-refractivity contribution in [2.24, 2.45) is 0 Å². The third-order valence-electron chi connectivity index (χ3n) is 3.68. The van der Waals surface area contributed by atoms with E-state index >= 15 is 0 Å². The lowest BCUT2D eigenvalue weighted by Crippen LogP contribution is -2.28. The van der Waals surface area contributed by atoms with E-state index in [2.05, 4.69) is 28.5 Å². The Labute approximate surface area is 128 Å². The van der Waals surface area contributed by atoms with E-state index in [0.717, 1.165) is 10.9 Å². The first-order valence-electron chi connectivity index (χ1n) is 7.39. The molecule has 0 aliphatic carbocycles. The molecule has 6 heteroatoms. The Kier molecular flexibility index (Phi) is 4.18. The second kappa shape index (κ2) is 6.43. The number of benzene rings is 1. The van der Waals surface area contributed by atoms with Gasteiger partial charge in [0, 0.05) is 30.7 Å². The Bertz CT molecular complexity index is 760. The van der Waals surface area contributed by atoms with Gasteiger partial charge < -0.3 is 5.32 Å². The van der Waals surface area contributed by atoms with Crippen LogP contribution in [-0.4, -0.2) is 32.0 Å². The molecular weight excluding hydrogens is 278 g/mol. The van der Waals surface area contributed by atoms with Crippen molar-refractivity contribution in [3.05, 3.63) is 48.4 Å². The Balaban J connectivity index is 1.51. The van der Waals surface area contributed by atoms with Crippen LogP contribution in [0.4, 0.5) is 0 Å². The number of carbonyl (C=O) groups excluding carboxylic acids is 1. The van der Waals surface area contributed by atoms with Crippen LogP contribution in [0.1, 0.15) is 12.0 Å². The quantitative estimate of drug-likeness (QED) is 0.754. The Morgan fingerprint density at radius 2 is 2.14 bits per heavy atom. The summed E-state index contributed by atoms with van der Waals surface area (Å²) in [7, 11) is 0. The number of carbonyl (C=O) groups is 1. The molecule has 0 atom stereocenters. The molecule has 0 aliphatic heterocycles. The molecule has 2 aromatic heterocycles. The summed E-state index contributed by atoms with van der Waals surface area (Å²) in [5.74, 6) is 0.0310. The molecule has 0 unspecified atom stereocenters. The number of aryl methyl sites for hydroxylation is 2. The normalized spacial score (nSPS) is 11.0. The third kappa shape index (κ3) is 3.16. The number of nitrogens with zero attached hydrogens (tertiary/aromatic N) is 4. The van der Waals surface area contributed by atoms with Gasteiger partial charge in [0.25, 0.3) is 0 Å². The van der Waals surface area contributed by atoms with E-state index in [4.69, 9.17) is 0 Å². The van der Waals surface area contributed by atoms with Crippen molar-refractivity contribution >= 4 is 16.8 Å². The SMILES string of the molecule is Cc1cccc2c1cnn2CCC(=O)NCCn1cccn1. The molecular formula is C16H19N5O. The van der Waals surface area contributed by atoms with E-state index in [0.29, 0.717) is 26.1 Å². The molecule has 1 amide bonds. The molecule has 0 aliphatic rings. The number of hydrogen-bond acceptors (Lipinski definition) is 3. The van der Waals surface area contributed by atoms with Gasteiger partial charge in [0.15, 0.2) is 0 Å². The molecule has 22 heavy (non-hydrogen) atoms. The number of hydrogen-bond donors (Lipinski definition) is 1. The highest BCUT2D eigenvalue weighted by molar-refractivity contribution is 5.82. The second-order valence-electron chi connectivity index (χ2n) is 5.24. The summed E-state index contributed by atoms with van der Waals surface area (Å²) in [6.07, 6.45) is 5.89. The van der Waals surface area contributed by atoms with E-state index in [-0.39, 0.29) is 5.91 Å². The van der Waals surface area contributed by atoms with Crippen molar-refractivity contribution < 1.29 is 4.79 Å². The molecule has 2 heterocycles. The lowest BCUT2D eigenvalue weighted by atomic mass is 10.1. The van der Waals surface area contributed by atoms with Crippen molar-refractivity contribution in [3.63, 3.8) is 0 Å². The first kappa shape index (κ1) is 14.3. The fraction of sp³-hybridized carbons (Fsp3) is 0.312. The molecule has 0 bridgehead atoms. The van der Waals surface area contributed by atoms with E-state index in [1.54, 1.807) is 10.9 Å². The van der Waals surface area contributed by atoms with Crippen molar-refractivity contribution in [2.75, 3.05) is 6.54 Å². The Morgan fingerprint density at radius 1 is 1.23 bits per heavy atom. The van der Waals surface area contributed by atoms with Gasteiger partial charge in [-0.2, -0.15) is 10.2 Å². The summed E-state index contributed by atoms with van der Waals surface area (Å²) in [6.45, 7) is 3.92. The third-order valence-corrected chi connectivity index (χ3v) is 3.68. The largest absolute Gasteiger partial charge is 0.354 e. The molecule has 114 valence electrons. The Hall–Kier alpha value is -2.63. The second-order valence-corrected chi connectivity index (χ2v) is 5.24. The van der Waals surface area contributed by atoms with Crippen molar-refractivity contribution in [2.45, 2.75) is 26.4 Å². The summed E-state index contributed by atoms with van der Waals surface area (Å²) in [4.78, 5) is 11.9. The molecule has 1 aromatic carbocycles. The lowest BCUT2D eigenvalue weighted by Gasteiger charge is -2.06. The first-order valence-corrected chi connectivity index (χ1v) is 7.39. The number of fused-ring (bicyclic) bond motifs is 1. The molecule has 0 saturated heterocycles. The molecule has 1 N–H and O–H groups in total. The van der Waals surface area contributed by atoms with E-state index in [1.807, 2.05) is 35.3 Å². The summed E-state index contributed by atoms with van der Waals surface area (Å²) in [5, 5.41) is 12.5. The predicted octanol–water partition coefficient (Wildman–Crippen LogP) is 1.75. The van der Waals surface area contributed by atoms with Crippen LogP contribution in [0.3, 0.4) is 0 Å². The van der Waals surface area contributed by atoms with E-state index < -0.39 is 0 Å². The van der Waals surface area contributed by atoms with E-state index in [1.165, 1.54) is 5.56 Å². The fourth-order valence-electron chi connectivity index (χ4n) is 2.46. The minimum absolute atomic E-state index is 0.0310. The van der Waals surface area contributed by atoms with Crippen LogP contribution in [0, 0.1) is 6.92 Å². The van der Waals surface area contributed by atoms with Gasteiger partial charge in [-0.05, 0) is 24.6 Å². The highest BCUT2D eigenvalue weighted by atomic mass is 16.1. The van der Waals surface area contributed by atoms with Gasteiger partial charge in [0.2, 0.25) is 5.91 Å². The lowest BCUT2D eigenvalue weighted by molar-refractivity contribution is -0.121. The Morgan fingerprint density at radius 3 is 2.95 bits per heavy atom. The maximum Gasteiger partial charge on any atom is 0.221 e. The number of amides is 1. The molecule has 0 fully saturated rings. The zero-order valence-electron chi connectivity index (χ0n) is 12.6. The summed E-state index contributed by atoms with van der Waals surface area (Å²) in [6, 6.07) is 7.98. The topological polar surface area (TPSA) is 64.7 Å². The molecule has 0 radical (unpaired) electrons. The predicted molar refractivity (Wildman–Crippen MR) is 84.3 cm³/mol. The van der Waals surface area contributed by atoms with Crippen LogP contribution in [-0.2, 0) is 17.9 Å². The first-order chi connectivity index (χ1) is 10.7. The highest BCUT2D eigenvalue weighted by Gasteiger charge is 2.07. The smallest absolute Gasteiger partial charge is 0.221 e. The average Bonchev–Trinajstić information content (AvgIpc) is 3.15. The molecule has 0 spiro atoms. The number of aromatic nitrogens is 4. The maximum absolute atomic E-state index is 11.9. The van der Waals surface area contributed by atoms with Gasteiger partial charge in [0.1, 0.15) is 0 Å². The number of rotatable bonds is 6. The van der Waals surface area contributed by atoms with Gasteiger partial charge in [-0.1, -0.05) is 12.1 Å².